The van der Waals surface area contributed by atoms with E-state index in [-0.39, 0.29) is 15.6 Å². The van der Waals surface area contributed by atoms with E-state index in [1.165, 1.54) is 0 Å². The molecule has 0 radical (unpaired) electrons. The number of halogens is 2. The highest BCUT2D eigenvalue weighted by Crippen LogP contribution is 2.50. The van der Waals surface area contributed by atoms with E-state index in [0.29, 0.717) is 11.5 Å². The summed E-state index contributed by atoms with van der Waals surface area (Å²) >= 11 is 12.4. The predicted molar refractivity (Wildman–Crippen MR) is 108 cm³/mol. The van der Waals surface area contributed by atoms with Gasteiger partial charge in [0.2, 0.25) is 5.52 Å². The first-order chi connectivity index (χ1) is 12.0. The Morgan fingerprint density at radius 1 is 0.880 bits per heavy atom. The first-order valence-electron chi connectivity index (χ1n) is 8.64. The van der Waals surface area contributed by atoms with E-state index in [4.69, 9.17) is 23.2 Å². The molecule has 0 aromatic heterocycles. The minimum Gasteiger partial charge on any atom is -0.310 e. The van der Waals surface area contributed by atoms with Crippen molar-refractivity contribution in [2.75, 3.05) is 6.16 Å². The molecule has 0 amide bonds. The average Bonchev–Trinajstić information content (AvgIpc) is 2.62. The molecule has 5 heteroatoms. The Bertz CT molecular complexity index is 739. The van der Waals surface area contributed by atoms with Gasteiger partial charge >= 0.3 is 0 Å². The largest absolute Gasteiger partial charge is 0.310 e. The second-order valence-electron chi connectivity index (χ2n) is 6.11. The van der Waals surface area contributed by atoms with Crippen molar-refractivity contribution in [2.24, 2.45) is 0 Å². The standard InChI is InChI=1S/C20H23Cl2O2P/c1-2-3-4-5-9-15-25(24,16-11-7-6-8-12-16)20(23)19-17(21)13-10-14-18(19)22/h6-8,10-14H,2-5,9,15H2,1H3. The lowest BCUT2D eigenvalue weighted by Crippen LogP contribution is -2.16. The summed E-state index contributed by atoms with van der Waals surface area (Å²) in [5, 5.41) is 1.07. The molecule has 0 aliphatic carbocycles. The van der Waals surface area contributed by atoms with Crippen molar-refractivity contribution in [1.82, 2.24) is 0 Å². The Balaban J connectivity index is 2.35. The van der Waals surface area contributed by atoms with Crippen molar-refractivity contribution < 1.29 is 9.36 Å². The molecule has 0 spiro atoms. The molecule has 0 saturated carbocycles. The maximum Gasteiger partial charge on any atom is 0.228 e. The summed E-state index contributed by atoms with van der Waals surface area (Å²) in [6, 6.07) is 13.9. The Morgan fingerprint density at radius 3 is 2.08 bits per heavy atom. The molecule has 0 fully saturated rings. The van der Waals surface area contributed by atoms with Crippen molar-refractivity contribution in [3.63, 3.8) is 0 Å². The summed E-state index contributed by atoms with van der Waals surface area (Å²) in [6.07, 6.45) is 5.45. The van der Waals surface area contributed by atoms with Crippen LogP contribution in [0.25, 0.3) is 0 Å². The van der Waals surface area contributed by atoms with Crippen molar-refractivity contribution >= 4 is 41.2 Å². The van der Waals surface area contributed by atoms with E-state index < -0.39 is 12.7 Å². The van der Waals surface area contributed by atoms with Crippen LogP contribution in [0.4, 0.5) is 0 Å². The highest BCUT2D eigenvalue weighted by atomic mass is 35.5. The predicted octanol–water partition coefficient (Wildman–Crippen LogP) is 6.79. The van der Waals surface area contributed by atoms with Gasteiger partial charge in [-0.2, -0.15) is 0 Å². The van der Waals surface area contributed by atoms with Gasteiger partial charge in [0.25, 0.3) is 0 Å². The summed E-state index contributed by atoms with van der Waals surface area (Å²) in [6.45, 7) is 2.15. The molecule has 0 bridgehead atoms. The maximum atomic E-state index is 13.8. The number of rotatable bonds is 9. The van der Waals surface area contributed by atoms with E-state index in [1.807, 2.05) is 6.07 Å². The van der Waals surface area contributed by atoms with E-state index in [2.05, 4.69) is 6.92 Å². The lowest BCUT2D eigenvalue weighted by Gasteiger charge is -2.19. The first-order valence-corrected chi connectivity index (χ1v) is 11.3. The molecule has 0 N–H and O–H groups in total. The molecule has 2 rings (SSSR count). The minimum atomic E-state index is -3.29. The Hall–Kier alpha value is -1.08. The summed E-state index contributed by atoms with van der Waals surface area (Å²) in [4.78, 5) is 13.2. The van der Waals surface area contributed by atoms with Crippen molar-refractivity contribution in [2.45, 2.75) is 39.0 Å². The average molecular weight is 397 g/mol. The molecule has 0 heterocycles. The normalized spacial score (nSPS) is 13.4. The van der Waals surface area contributed by atoms with Gasteiger partial charge in [0, 0.05) is 11.5 Å². The summed E-state index contributed by atoms with van der Waals surface area (Å²) in [7, 11) is -3.29. The number of carbonyl (C=O) groups is 1. The van der Waals surface area contributed by atoms with E-state index in [0.717, 1.165) is 32.1 Å². The van der Waals surface area contributed by atoms with Crippen LogP contribution < -0.4 is 5.30 Å². The van der Waals surface area contributed by atoms with Gasteiger partial charge < -0.3 is 4.57 Å². The van der Waals surface area contributed by atoms with Gasteiger partial charge in [-0.25, -0.2) is 0 Å². The van der Waals surface area contributed by atoms with E-state index >= 15 is 0 Å². The fourth-order valence-corrected chi connectivity index (χ4v) is 6.16. The third kappa shape index (κ3) is 4.97. The van der Waals surface area contributed by atoms with E-state index in [1.54, 1.807) is 42.5 Å². The van der Waals surface area contributed by atoms with Gasteiger partial charge in [-0.3, -0.25) is 4.79 Å². The third-order valence-electron chi connectivity index (χ3n) is 4.25. The van der Waals surface area contributed by atoms with Gasteiger partial charge in [-0.05, 0) is 18.6 Å². The second kappa shape index (κ2) is 9.57. The number of carbonyl (C=O) groups excluding carboxylic acids is 1. The SMILES string of the molecule is CCCCCCCP(=O)(C(=O)c1c(Cl)cccc1Cl)c1ccccc1. The molecule has 25 heavy (non-hydrogen) atoms. The first kappa shape index (κ1) is 20.2. The molecule has 2 aromatic rings. The van der Waals surface area contributed by atoms with Gasteiger partial charge in [0.05, 0.1) is 15.6 Å². The molecule has 2 aromatic carbocycles. The smallest absolute Gasteiger partial charge is 0.228 e. The van der Waals surface area contributed by atoms with E-state index in [9.17, 15) is 9.36 Å². The highest BCUT2D eigenvalue weighted by Gasteiger charge is 2.36. The fraction of sp³-hybridized carbons (Fsp3) is 0.350. The van der Waals surface area contributed by atoms with Crippen LogP contribution in [0.3, 0.4) is 0 Å². The Morgan fingerprint density at radius 2 is 1.48 bits per heavy atom. The van der Waals surface area contributed by atoms with Crippen molar-refractivity contribution in [3.8, 4) is 0 Å². The monoisotopic (exact) mass is 396 g/mol. The topological polar surface area (TPSA) is 34.1 Å². The second-order valence-corrected chi connectivity index (χ2v) is 9.78. The van der Waals surface area contributed by atoms with Gasteiger partial charge in [0.15, 0.2) is 7.14 Å². The number of hydrogen-bond acceptors (Lipinski definition) is 2. The number of unbranched alkanes of at least 4 members (excludes halogenated alkanes) is 4. The zero-order valence-electron chi connectivity index (χ0n) is 14.4. The molecule has 0 aliphatic rings. The summed E-state index contributed by atoms with van der Waals surface area (Å²) in [5.74, 6) is 0. The lowest BCUT2D eigenvalue weighted by atomic mass is 10.2. The molecule has 1 atom stereocenters. The van der Waals surface area contributed by atoms with Crippen LogP contribution in [0.15, 0.2) is 48.5 Å². The molecule has 0 aliphatic heterocycles. The van der Waals surface area contributed by atoms with Crippen LogP contribution >= 0.6 is 30.3 Å². The Kier molecular flexibility index (Phi) is 7.75. The number of hydrogen-bond donors (Lipinski definition) is 0. The number of benzene rings is 2. The molecule has 2 nitrogen and oxygen atoms in total. The molecular weight excluding hydrogens is 374 g/mol. The van der Waals surface area contributed by atoms with Crippen molar-refractivity contribution in [1.29, 1.82) is 0 Å². The maximum absolute atomic E-state index is 13.8. The van der Waals surface area contributed by atoms with Crippen LogP contribution in [0.1, 0.15) is 49.4 Å². The Labute approximate surface area is 159 Å². The van der Waals surface area contributed by atoms with Crippen LogP contribution in [0.5, 0.6) is 0 Å². The van der Waals surface area contributed by atoms with Crippen LogP contribution in [-0.4, -0.2) is 11.7 Å². The quantitative estimate of drug-likeness (QED) is 0.345. The fourth-order valence-electron chi connectivity index (χ4n) is 2.84. The molecule has 0 saturated heterocycles. The minimum absolute atomic E-state index is 0.173. The zero-order valence-corrected chi connectivity index (χ0v) is 16.8. The van der Waals surface area contributed by atoms with Gasteiger partial charge in [-0.1, -0.05) is 92.2 Å². The molecular formula is C20H23Cl2O2P. The third-order valence-corrected chi connectivity index (χ3v) is 7.84. The molecule has 134 valence electrons. The summed E-state index contributed by atoms with van der Waals surface area (Å²) < 4.78 is 13.8. The van der Waals surface area contributed by atoms with Crippen LogP contribution in [-0.2, 0) is 4.57 Å². The summed E-state index contributed by atoms with van der Waals surface area (Å²) in [5.41, 5.74) is -0.267. The molecule has 1 unspecified atom stereocenters. The van der Waals surface area contributed by atoms with Gasteiger partial charge in [-0.15, -0.1) is 0 Å². The van der Waals surface area contributed by atoms with Crippen LogP contribution in [0, 0.1) is 0 Å². The van der Waals surface area contributed by atoms with Gasteiger partial charge in [0.1, 0.15) is 0 Å². The lowest BCUT2D eigenvalue weighted by molar-refractivity contribution is 0.107. The van der Waals surface area contributed by atoms with Crippen molar-refractivity contribution in [3.05, 3.63) is 64.1 Å². The highest BCUT2D eigenvalue weighted by molar-refractivity contribution is 7.87. The zero-order chi connectivity index (χ0) is 18.3. The van der Waals surface area contributed by atoms with Crippen LogP contribution in [0.2, 0.25) is 10.0 Å².